The van der Waals surface area contributed by atoms with Crippen molar-refractivity contribution in [3.8, 4) is 0 Å². The molecule has 0 unspecified atom stereocenters. The van der Waals surface area contributed by atoms with Crippen molar-refractivity contribution >= 4 is 28.3 Å². The van der Waals surface area contributed by atoms with Crippen molar-refractivity contribution in [2.45, 2.75) is 12.8 Å². The third-order valence-corrected chi connectivity index (χ3v) is 4.24. The summed E-state index contributed by atoms with van der Waals surface area (Å²) in [7, 11) is 0. The summed E-state index contributed by atoms with van der Waals surface area (Å²) in [5, 5.41) is 4.92. The predicted octanol–water partition coefficient (Wildman–Crippen LogP) is 2.77. The first-order valence-electron chi connectivity index (χ1n) is 7.36. The van der Waals surface area contributed by atoms with Gasteiger partial charge in [0.2, 0.25) is 5.91 Å². The van der Waals surface area contributed by atoms with Gasteiger partial charge in [-0.25, -0.2) is 9.37 Å². The van der Waals surface area contributed by atoms with Gasteiger partial charge in [0.25, 0.3) is 5.91 Å². The summed E-state index contributed by atoms with van der Waals surface area (Å²) >= 11 is 1.32. The molecule has 120 valence electrons. The van der Waals surface area contributed by atoms with Crippen molar-refractivity contribution in [1.29, 1.82) is 0 Å². The Morgan fingerprint density at radius 2 is 2.22 bits per heavy atom. The Morgan fingerprint density at radius 3 is 2.87 bits per heavy atom. The summed E-state index contributed by atoms with van der Waals surface area (Å²) in [6.45, 7) is 0.450. The van der Waals surface area contributed by atoms with E-state index in [4.69, 9.17) is 0 Å². The minimum absolute atomic E-state index is 0.0641. The number of halogens is 1. The van der Waals surface area contributed by atoms with Crippen molar-refractivity contribution in [2.24, 2.45) is 5.92 Å². The van der Waals surface area contributed by atoms with E-state index >= 15 is 0 Å². The Kier molecular flexibility index (Phi) is 4.66. The van der Waals surface area contributed by atoms with E-state index in [2.05, 4.69) is 10.3 Å². The lowest BCUT2D eigenvalue weighted by atomic mass is 10.2. The molecule has 2 amide bonds. The summed E-state index contributed by atoms with van der Waals surface area (Å²) in [6, 6.07) is 5.54. The van der Waals surface area contributed by atoms with E-state index in [9.17, 15) is 14.0 Å². The van der Waals surface area contributed by atoms with Crippen molar-refractivity contribution in [2.75, 3.05) is 18.4 Å². The number of hydrogen-bond acceptors (Lipinski definition) is 4. The van der Waals surface area contributed by atoms with Crippen LogP contribution in [-0.4, -0.2) is 34.8 Å². The number of nitrogens with one attached hydrogen (secondary N) is 1. The third kappa shape index (κ3) is 4.35. The van der Waals surface area contributed by atoms with Crippen LogP contribution in [0.4, 0.5) is 9.52 Å². The van der Waals surface area contributed by atoms with Gasteiger partial charge in [0.1, 0.15) is 12.4 Å². The average molecular weight is 333 g/mol. The largest absolute Gasteiger partial charge is 0.329 e. The molecule has 2 aromatic rings. The fourth-order valence-electron chi connectivity index (χ4n) is 2.25. The van der Waals surface area contributed by atoms with Crippen molar-refractivity contribution in [3.05, 3.63) is 47.2 Å². The van der Waals surface area contributed by atoms with E-state index in [1.807, 2.05) is 0 Å². The van der Waals surface area contributed by atoms with Gasteiger partial charge in [-0.2, -0.15) is 0 Å². The standard InChI is InChI=1S/C16H16FN3O2S/c17-13-3-1-2-12(8-13)15(22)20(9-11-4-5-11)10-14(21)19-16-18-6-7-23-16/h1-3,6-8,11H,4-5,9-10H2,(H,18,19,21). The fraction of sp³-hybridized carbons (Fsp3) is 0.312. The van der Waals surface area contributed by atoms with Gasteiger partial charge in [-0.05, 0) is 37.0 Å². The number of thiazole rings is 1. The lowest BCUT2D eigenvalue weighted by Crippen LogP contribution is -2.39. The molecule has 0 bridgehead atoms. The molecule has 23 heavy (non-hydrogen) atoms. The van der Waals surface area contributed by atoms with Crippen LogP contribution >= 0.6 is 11.3 Å². The van der Waals surface area contributed by atoms with E-state index in [0.717, 1.165) is 12.8 Å². The number of carbonyl (C=O) groups is 2. The number of benzene rings is 1. The molecule has 0 atom stereocenters. The molecule has 0 spiro atoms. The van der Waals surface area contributed by atoms with Crippen molar-refractivity contribution in [3.63, 3.8) is 0 Å². The molecule has 0 saturated heterocycles. The number of nitrogens with zero attached hydrogens (tertiary/aromatic N) is 2. The first-order valence-corrected chi connectivity index (χ1v) is 8.24. The lowest BCUT2D eigenvalue weighted by Gasteiger charge is -2.22. The van der Waals surface area contributed by atoms with Crippen LogP contribution in [0.3, 0.4) is 0 Å². The molecule has 5 nitrogen and oxygen atoms in total. The Bertz CT molecular complexity index is 701. The lowest BCUT2D eigenvalue weighted by molar-refractivity contribution is -0.116. The van der Waals surface area contributed by atoms with Crippen LogP contribution in [0.2, 0.25) is 0 Å². The molecule has 1 aliphatic rings. The zero-order valence-corrected chi connectivity index (χ0v) is 13.2. The van der Waals surface area contributed by atoms with Gasteiger partial charge in [-0.1, -0.05) is 6.07 Å². The highest BCUT2D eigenvalue weighted by molar-refractivity contribution is 7.13. The normalized spacial score (nSPS) is 13.6. The molecule has 1 N–H and O–H groups in total. The van der Waals surface area contributed by atoms with Crippen LogP contribution in [0.25, 0.3) is 0 Å². The third-order valence-electron chi connectivity index (χ3n) is 3.55. The second-order valence-electron chi connectivity index (χ2n) is 5.52. The number of rotatable bonds is 6. The highest BCUT2D eigenvalue weighted by Crippen LogP contribution is 2.30. The number of hydrogen-bond donors (Lipinski definition) is 1. The molecule has 1 aliphatic carbocycles. The molecule has 1 saturated carbocycles. The molecule has 0 aliphatic heterocycles. The molecule has 1 aromatic heterocycles. The van der Waals surface area contributed by atoms with Crippen LogP contribution in [-0.2, 0) is 4.79 Å². The smallest absolute Gasteiger partial charge is 0.254 e. The van der Waals surface area contributed by atoms with Gasteiger partial charge in [0, 0.05) is 23.7 Å². The highest BCUT2D eigenvalue weighted by atomic mass is 32.1. The molecular weight excluding hydrogens is 317 g/mol. The summed E-state index contributed by atoms with van der Waals surface area (Å²) < 4.78 is 13.3. The van der Waals surface area contributed by atoms with Crippen LogP contribution in [0.1, 0.15) is 23.2 Å². The SMILES string of the molecule is O=C(CN(CC1CC1)C(=O)c1cccc(F)c1)Nc1nccs1. The molecule has 3 rings (SSSR count). The van der Waals surface area contributed by atoms with E-state index in [1.165, 1.54) is 34.4 Å². The number of carbonyl (C=O) groups excluding carboxylic acids is 2. The number of amides is 2. The van der Waals surface area contributed by atoms with Crippen LogP contribution in [0, 0.1) is 11.7 Å². The minimum atomic E-state index is -0.463. The minimum Gasteiger partial charge on any atom is -0.329 e. The van der Waals surface area contributed by atoms with E-state index in [1.54, 1.807) is 17.6 Å². The van der Waals surface area contributed by atoms with E-state index in [-0.39, 0.29) is 23.9 Å². The number of aromatic nitrogens is 1. The number of anilines is 1. The second kappa shape index (κ2) is 6.87. The average Bonchev–Trinajstić information content (AvgIpc) is 3.20. The molecular formula is C16H16FN3O2S. The van der Waals surface area contributed by atoms with Crippen LogP contribution < -0.4 is 5.32 Å². The Morgan fingerprint density at radius 1 is 1.39 bits per heavy atom. The maximum Gasteiger partial charge on any atom is 0.254 e. The highest BCUT2D eigenvalue weighted by Gasteiger charge is 2.28. The Balaban J connectivity index is 1.69. The van der Waals surface area contributed by atoms with Gasteiger partial charge in [0.05, 0.1) is 0 Å². The second-order valence-corrected chi connectivity index (χ2v) is 6.42. The maximum absolute atomic E-state index is 13.3. The zero-order chi connectivity index (χ0) is 16.2. The van der Waals surface area contributed by atoms with Gasteiger partial charge in [-0.3, -0.25) is 9.59 Å². The fourth-order valence-corrected chi connectivity index (χ4v) is 2.80. The van der Waals surface area contributed by atoms with Crippen molar-refractivity contribution < 1.29 is 14.0 Å². The van der Waals surface area contributed by atoms with Gasteiger partial charge in [-0.15, -0.1) is 11.3 Å². The van der Waals surface area contributed by atoms with Crippen molar-refractivity contribution in [1.82, 2.24) is 9.88 Å². The molecule has 0 radical (unpaired) electrons. The molecule has 1 heterocycles. The van der Waals surface area contributed by atoms with Gasteiger partial charge >= 0.3 is 0 Å². The zero-order valence-electron chi connectivity index (χ0n) is 12.4. The first kappa shape index (κ1) is 15.6. The van der Waals surface area contributed by atoms with E-state index in [0.29, 0.717) is 17.6 Å². The molecule has 7 heteroatoms. The monoisotopic (exact) mass is 333 g/mol. The van der Waals surface area contributed by atoms with Crippen LogP contribution in [0.5, 0.6) is 0 Å². The summed E-state index contributed by atoms with van der Waals surface area (Å²) in [5.74, 6) is -0.661. The quantitative estimate of drug-likeness (QED) is 0.884. The topological polar surface area (TPSA) is 62.3 Å². The summed E-state index contributed by atoms with van der Waals surface area (Å²) in [4.78, 5) is 30.1. The first-order chi connectivity index (χ1) is 11.1. The van der Waals surface area contributed by atoms with Crippen LogP contribution in [0.15, 0.2) is 35.8 Å². The molecule has 1 fully saturated rings. The molecule has 1 aromatic carbocycles. The Labute approximate surface area is 137 Å². The van der Waals surface area contributed by atoms with Gasteiger partial charge < -0.3 is 10.2 Å². The summed E-state index contributed by atoms with van der Waals surface area (Å²) in [5.41, 5.74) is 0.257. The maximum atomic E-state index is 13.3. The predicted molar refractivity (Wildman–Crippen MR) is 85.8 cm³/mol. The summed E-state index contributed by atoms with van der Waals surface area (Å²) in [6.07, 6.45) is 3.71. The van der Waals surface area contributed by atoms with Gasteiger partial charge in [0.15, 0.2) is 5.13 Å². The van der Waals surface area contributed by atoms with E-state index < -0.39 is 5.82 Å². The Hall–Kier alpha value is -2.28.